The van der Waals surface area contributed by atoms with Crippen LogP contribution in [-0.4, -0.2) is 27.1 Å². The van der Waals surface area contributed by atoms with E-state index in [4.69, 9.17) is 11.6 Å². The third kappa shape index (κ3) is 2.93. The van der Waals surface area contributed by atoms with E-state index in [2.05, 4.69) is 37.4 Å². The maximum atomic E-state index is 13.8. The molecule has 0 unspecified atom stereocenters. The van der Waals surface area contributed by atoms with E-state index in [9.17, 15) is 8.78 Å². The Morgan fingerprint density at radius 3 is 2.57 bits per heavy atom. The van der Waals surface area contributed by atoms with Crippen LogP contribution in [0.1, 0.15) is 5.56 Å². The number of rotatable bonds is 5. The van der Waals surface area contributed by atoms with E-state index in [0.29, 0.717) is 22.8 Å². The van der Waals surface area contributed by atoms with Gasteiger partial charge in [0.05, 0.1) is 23.7 Å². The molecule has 0 amide bonds. The van der Waals surface area contributed by atoms with Gasteiger partial charge in [-0.2, -0.15) is 10.2 Å². The number of hydrogen-bond acceptors (Lipinski definition) is 4. The molecule has 6 nitrogen and oxygen atoms in total. The monoisotopic (exact) mass is 336 g/mol. The summed E-state index contributed by atoms with van der Waals surface area (Å²) in [6.45, 7) is 3.37. The number of halogens is 3. The first-order valence-electron chi connectivity index (χ1n) is 6.51. The van der Waals surface area contributed by atoms with E-state index in [1.807, 2.05) is 0 Å². The summed E-state index contributed by atoms with van der Waals surface area (Å²) in [4.78, 5) is 3.84. The minimum absolute atomic E-state index is 0.00476. The third-order valence-electron chi connectivity index (χ3n) is 3.25. The predicted octanol–water partition coefficient (Wildman–Crippen LogP) is 3.68. The number of anilines is 1. The van der Waals surface area contributed by atoms with Crippen LogP contribution in [0.5, 0.6) is 0 Å². The van der Waals surface area contributed by atoms with Gasteiger partial charge >= 0.3 is 0 Å². The Balaban J connectivity index is 1.86. The van der Waals surface area contributed by atoms with Crippen LogP contribution >= 0.6 is 11.6 Å². The van der Waals surface area contributed by atoms with Crippen molar-refractivity contribution in [2.24, 2.45) is 4.99 Å². The van der Waals surface area contributed by atoms with Crippen LogP contribution in [0.15, 0.2) is 29.5 Å². The molecule has 23 heavy (non-hydrogen) atoms. The molecule has 3 N–H and O–H groups in total. The van der Waals surface area contributed by atoms with Gasteiger partial charge in [-0.1, -0.05) is 11.6 Å². The molecule has 9 heteroatoms. The summed E-state index contributed by atoms with van der Waals surface area (Å²) in [6.07, 6.45) is 3.05. The molecule has 0 spiro atoms. The van der Waals surface area contributed by atoms with Crippen LogP contribution in [0.3, 0.4) is 0 Å². The number of H-pyrrole nitrogens is 2. The Morgan fingerprint density at radius 1 is 1.17 bits per heavy atom. The highest BCUT2D eigenvalue weighted by molar-refractivity contribution is 6.30. The first-order chi connectivity index (χ1) is 11.1. The van der Waals surface area contributed by atoms with Crippen LogP contribution in [0.4, 0.5) is 20.3 Å². The molecule has 0 saturated heterocycles. The van der Waals surface area contributed by atoms with Crippen LogP contribution in [0, 0.1) is 11.6 Å². The molecule has 0 saturated carbocycles. The summed E-state index contributed by atoms with van der Waals surface area (Å²) < 4.78 is 27.6. The molecule has 0 radical (unpaired) electrons. The van der Waals surface area contributed by atoms with Gasteiger partial charge < -0.3 is 5.32 Å². The van der Waals surface area contributed by atoms with Crippen molar-refractivity contribution < 1.29 is 8.78 Å². The fourth-order valence-electron chi connectivity index (χ4n) is 2.13. The average molecular weight is 337 g/mol. The van der Waals surface area contributed by atoms with Crippen LogP contribution in [-0.2, 0) is 6.54 Å². The highest BCUT2D eigenvalue weighted by atomic mass is 35.5. The highest BCUT2D eigenvalue weighted by Gasteiger charge is 2.15. The van der Waals surface area contributed by atoms with Crippen molar-refractivity contribution in [1.82, 2.24) is 20.4 Å². The molecular formula is C14H11ClF2N6. The van der Waals surface area contributed by atoms with Crippen LogP contribution in [0.25, 0.3) is 11.3 Å². The van der Waals surface area contributed by atoms with Crippen molar-refractivity contribution in [2.75, 3.05) is 5.32 Å². The van der Waals surface area contributed by atoms with Gasteiger partial charge in [0.25, 0.3) is 0 Å². The molecule has 0 bridgehead atoms. The number of aromatic nitrogens is 4. The van der Waals surface area contributed by atoms with Gasteiger partial charge in [-0.3, -0.25) is 15.2 Å². The van der Waals surface area contributed by atoms with E-state index in [0.717, 1.165) is 12.1 Å². The van der Waals surface area contributed by atoms with Gasteiger partial charge in [-0.05, 0) is 18.9 Å². The van der Waals surface area contributed by atoms with Gasteiger partial charge in [-0.25, -0.2) is 8.78 Å². The Bertz CT molecular complexity index is 834. The van der Waals surface area contributed by atoms with E-state index in [1.165, 1.54) is 6.20 Å². The molecule has 0 atom stereocenters. The summed E-state index contributed by atoms with van der Waals surface area (Å²) in [7, 11) is 0. The standard InChI is InChI=1S/C14H11ClF2N6/c1-18-12-6-21-22-13(12)9-5-20-23-14(9)19-4-8-10(16)2-7(15)3-11(8)17/h2-3,5-6H,1,4H2,(H,21,22)(H2,19,20,23). The van der Waals surface area contributed by atoms with Crippen LogP contribution in [0.2, 0.25) is 5.02 Å². The second kappa shape index (κ2) is 6.17. The SMILES string of the molecule is C=Nc1cn[nH]c1-c1cn[nH]c1NCc1c(F)cc(Cl)cc1F. The molecule has 118 valence electrons. The van der Waals surface area contributed by atoms with Gasteiger partial charge in [0, 0.05) is 17.1 Å². The fourth-order valence-corrected chi connectivity index (χ4v) is 2.32. The fraction of sp³-hybridized carbons (Fsp3) is 0.0714. The molecule has 0 aliphatic rings. The van der Waals surface area contributed by atoms with Crippen molar-refractivity contribution >= 4 is 29.8 Å². The quantitative estimate of drug-likeness (QED) is 0.622. The number of nitrogens with zero attached hydrogens (tertiary/aromatic N) is 3. The zero-order valence-corrected chi connectivity index (χ0v) is 12.5. The lowest BCUT2D eigenvalue weighted by molar-refractivity contribution is 0.560. The maximum absolute atomic E-state index is 13.8. The highest BCUT2D eigenvalue weighted by Crippen LogP contribution is 2.32. The van der Waals surface area contributed by atoms with E-state index in [-0.39, 0.29) is 17.1 Å². The lowest BCUT2D eigenvalue weighted by Gasteiger charge is -2.09. The minimum atomic E-state index is -0.724. The normalized spacial score (nSPS) is 10.7. The summed E-state index contributed by atoms with van der Waals surface area (Å²) in [5.41, 5.74) is 1.63. The molecule has 2 heterocycles. The third-order valence-corrected chi connectivity index (χ3v) is 3.46. The zero-order chi connectivity index (χ0) is 16.4. The Hall–Kier alpha value is -2.74. The Morgan fingerprint density at radius 2 is 1.87 bits per heavy atom. The maximum Gasteiger partial charge on any atom is 0.132 e. The molecular weight excluding hydrogens is 326 g/mol. The molecule has 3 aromatic rings. The summed E-state index contributed by atoms with van der Waals surface area (Å²) in [5.74, 6) is -0.981. The number of hydrogen-bond donors (Lipinski definition) is 3. The molecule has 2 aromatic heterocycles. The summed E-state index contributed by atoms with van der Waals surface area (Å²) >= 11 is 5.60. The topological polar surface area (TPSA) is 81.8 Å². The Kier molecular flexibility index (Phi) is 4.07. The molecule has 3 rings (SSSR count). The van der Waals surface area contributed by atoms with Crippen molar-refractivity contribution in [3.8, 4) is 11.3 Å². The first kappa shape index (κ1) is 15.2. The Labute approximate surface area is 134 Å². The van der Waals surface area contributed by atoms with Crippen molar-refractivity contribution in [3.05, 3.63) is 46.7 Å². The van der Waals surface area contributed by atoms with Crippen molar-refractivity contribution in [3.63, 3.8) is 0 Å². The number of nitrogens with one attached hydrogen (secondary N) is 3. The molecule has 0 fully saturated rings. The van der Waals surface area contributed by atoms with Crippen molar-refractivity contribution in [2.45, 2.75) is 6.54 Å². The van der Waals surface area contributed by atoms with Gasteiger partial charge in [0.2, 0.25) is 0 Å². The van der Waals surface area contributed by atoms with Gasteiger partial charge in [0.1, 0.15) is 23.1 Å². The minimum Gasteiger partial charge on any atom is -0.366 e. The van der Waals surface area contributed by atoms with Gasteiger partial charge in [-0.15, -0.1) is 0 Å². The molecule has 1 aromatic carbocycles. The van der Waals surface area contributed by atoms with Crippen LogP contribution < -0.4 is 5.32 Å². The smallest absolute Gasteiger partial charge is 0.132 e. The number of aromatic amines is 2. The predicted molar refractivity (Wildman–Crippen MR) is 84.1 cm³/mol. The largest absolute Gasteiger partial charge is 0.366 e. The van der Waals surface area contributed by atoms with E-state index < -0.39 is 11.6 Å². The number of aliphatic imine (C=N–C) groups is 1. The molecule has 0 aliphatic heterocycles. The average Bonchev–Trinajstić information content (AvgIpc) is 3.13. The zero-order valence-electron chi connectivity index (χ0n) is 11.7. The summed E-state index contributed by atoms with van der Waals surface area (Å²) in [6, 6.07) is 2.12. The summed E-state index contributed by atoms with van der Waals surface area (Å²) in [5, 5.41) is 16.2. The van der Waals surface area contributed by atoms with Crippen molar-refractivity contribution in [1.29, 1.82) is 0 Å². The second-order valence-corrected chi connectivity index (χ2v) is 5.09. The van der Waals surface area contributed by atoms with Gasteiger partial charge in [0.15, 0.2) is 0 Å². The lowest BCUT2D eigenvalue weighted by atomic mass is 10.2. The van der Waals surface area contributed by atoms with E-state index >= 15 is 0 Å². The lowest BCUT2D eigenvalue weighted by Crippen LogP contribution is -2.06. The number of benzene rings is 1. The van der Waals surface area contributed by atoms with E-state index in [1.54, 1.807) is 6.20 Å². The molecule has 0 aliphatic carbocycles. The second-order valence-electron chi connectivity index (χ2n) is 4.65. The first-order valence-corrected chi connectivity index (χ1v) is 6.89.